The molecular weight excluding hydrogens is 328 g/mol. The Morgan fingerprint density at radius 2 is 1.92 bits per heavy atom. The zero-order valence-corrected chi connectivity index (χ0v) is 14.3. The van der Waals surface area contributed by atoms with Crippen molar-refractivity contribution in [2.24, 2.45) is 0 Å². The van der Waals surface area contributed by atoms with Gasteiger partial charge in [0.2, 0.25) is 10.0 Å². The lowest BCUT2D eigenvalue weighted by atomic mass is 10.3. The highest BCUT2D eigenvalue weighted by Gasteiger charge is 2.26. The quantitative estimate of drug-likeness (QED) is 0.864. The van der Waals surface area contributed by atoms with E-state index in [1.807, 2.05) is 29.2 Å². The lowest BCUT2D eigenvalue weighted by Crippen LogP contribution is -2.49. The summed E-state index contributed by atoms with van der Waals surface area (Å²) in [5.41, 5.74) is 0.845. The molecule has 0 bridgehead atoms. The van der Waals surface area contributed by atoms with Gasteiger partial charge in [0.15, 0.2) is 11.6 Å². The van der Waals surface area contributed by atoms with Crippen LogP contribution in [0.1, 0.15) is 6.92 Å². The van der Waals surface area contributed by atoms with E-state index >= 15 is 0 Å². The van der Waals surface area contributed by atoms with Crippen molar-refractivity contribution in [2.45, 2.75) is 6.92 Å². The monoisotopic (exact) mass is 348 g/mol. The van der Waals surface area contributed by atoms with Gasteiger partial charge in [-0.2, -0.15) is 4.31 Å². The molecule has 0 aromatic carbocycles. The number of pyridine rings is 1. The molecule has 0 amide bonds. The van der Waals surface area contributed by atoms with Crippen LogP contribution in [-0.4, -0.2) is 59.8 Å². The summed E-state index contributed by atoms with van der Waals surface area (Å²) in [4.78, 5) is 6.08. The molecule has 1 aliphatic rings. The molecule has 0 spiro atoms. The summed E-state index contributed by atoms with van der Waals surface area (Å²) in [6.45, 7) is 3.86. The normalized spacial score (nSPS) is 16.1. The molecule has 2 aromatic heterocycles. The summed E-state index contributed by atoms with van der Waals surface area (Å²) in [7, 11) is -3.11. The van der Waals surface area contributed by atoms with Crippen molar-refractivity contribution in [2.75, 3.05) is 42.1 Å². The molecule has 0 saturated carbocycles. The van der Waals surface area contributed by atoms with E-state index < -0.39 is 10.0 Å². The van der Waals surface area contributed by atoms with E-state index in [0.29, 0.717) is 32.0 Å². The fraction of sp³-hybridized carbons (Fsp3) is 0.400. The van der Waals surface area contributed by atoms with Gasteiger partial charge < -0.3 is 10.2 Å². The Morgan fingerprint density at radius 1 is 1.12 bits per heavy atom. The Bertz CT molecular complexity index is 758. The first-order valence-corrected chi connectivity index (χ1v) is 9.43. The maximum atomic E-state index is 11.9. The van der Waals surface area contributed by atoms with Gasteiger partial charge >= 0.3 is 0 Å². The largest absolute Gasteiger partial charge is 0.352 e. The Balaban J connectivity index is 1.61. The number of sulfonamides is 1. The number of anilines is 3. The topological polar surface area (TPSA) is 91.3 Å². The SMILES string of the molecule is CCS(=O)(=O)N1CCN(c2ccc(Nc3cccnc3)nn2)CC1. The second-order valence-corrected chi connectivity index (χ2v) is 7.69. The highest BCUT2D eigenvalue weighted by atomic mass is 32.2. The molecule has 0 atom stereocenters. The smallest absolute Gasteiger partial charge is 0.213 e. The third-order valence-electron chi connectivity index (χ3n) is 3.91. The molecular formula is C15H20N6O2S. The third-order valence-corrected chi connectivity index (χ3v) is 5.79. The summed E-state index contributed by atoms with van der Waals surface area (Å²) in [5.74, 6) is 1.53. The van der Waals surface area contributed by atoms with Crippen LogP contribution in [0.5, 0.6) is 0 Å². The van der Waals surface area contributed by atoms with E-state index in [0.717, 1.165) is 11.5 Å². The zero-order valence-electron chi connectivity index (χ0n) is 13.5. The Morgan fingerprint density at radius 3 is 2.50 bits per heavy atom. The summed E-state index contributed by atoms with van der Waals surface area (Å²) in [6.07, 6.45) is 3.42. The van der Waals surface area contributed by atoms with Crippen molar-refractivity contribution in [1.29, 1.82) is 0 Å². The van der Waals surface area contributed by atoms with Crippen molar-refractivity contribution >= 4 is 27.3 Å². The zero-order chi connectivity index (χ0) is 17.0. The first-order valence-electron chi connectivity index (χ1n) is 7.82. The van der Waals surface area contributed by atoms with Crippen LogP contribution in [0, 0.1) is 0 Å². The van der Waals surface area contributed by atoms with E-state index in [-0.39, 0.29) is 5.75 Å². The van der Waals surface area contributed by atoms with Crippen LogP contribution in [0.4, 0.5) is 17.3 Å². The standard InChI is InChI=1S/C15H20N6O2S/c1-2-24(22,23)21-10-8-20(9-11-21)15-6-5-14(18-19-15)17-13-4-3-7-16-12-13/h3-7,12H,2,8-11H2,1H3,(H,17,18). The van der Waals surface area contributed by atoms with Crippen LogP contribution in [0.3, 0.4) is 0 Å². The predicted octanol–water partition coefficient (Wildman–Crippen LogP) is 1.09. The number of nitrogens with one attached hydrogen (secondary N) is 1. The number of aromatic nitrogens is 3. The predicted molar refractivity (Wildman–Crippen MR) is 92.8 cm³/mol. The molecule has 24 heavy (non-hydrogen) atoms. The van der Waals surface area contributed by atoms with Gasteiger partial charge in [0, 0.05) is 32.4 Å². The van der Waals surface area contributed by atoms with Crippen LogP contribution in [0.25, 0.3) is 0 Å². The molecule has 0 aliphatic carbocycles. The van der Waals surface area contributed by atoms with E-state index in [1.165, 1.54) is 4.31 Å². The Labute approximate surface area is 141 Å². The fourth-order valence-corrected chi connectivity index (χ4v) is 3.61. The Hall–Kier alpha value is -2.26. The lowest BCUT2D eigenvalue weighted by molar-refractivity contribution is 0.384. The van der Waals surface area contributed by atoms with E-state index in [4.69, 9.17) is 0 Å². The van der Waals surface area contributed by atoms with Crippen molar-refractivity contribution in [3.05, 3.63) is 36.7 Å². The molecule has 0 unspecified atom stereocenters. The summed E-state index contributed by atoms with van der Waals surface area (Å²) in [5, 5.41) is 11.5. The van der Waals surface area contributed by atoms with Gasteiger partial charge in [-0.05, 0) is 31.2 Å². The van der Waals surface area contributed by atoms with Gasteiger partial charge in [-0.1, -0.05) is 0 Å². The molecule has 2 aromatic rings. The molecule has 0 radical (unpaired) electrons. The molecule has 8 nitrogen and oxygen atoms in total. The second-order valence-electron chi connectivity index (χ2n) is 5.43. The van der Waals surface area contributed by atoms with E-state index in [2.05, 4.69) is 20.5 Å². The van der Waals surface area contributed by atoms with Crippen LogP contribution in [-0.2, 0) is 10.0 Å². The highest BCUT2D eigenvalue weighted by molar-refractivity contribution is 7.89. The number of piperazine rings is 1. The molecule has 1 aliphatic heterocycles. The minimum atomic E-state index is -3.11. The van der Waals surface area contributed by atoms with Gasteiger partial charge in [0.25, 0.3) is 0 Å². The number of nitrogens with zero attached hydrogens (tertiary/aromatic N) is 5. The van der Waals surface area contributed by atoms with Gasteiger partial charge in [0.1, 0.15) is 0 Å². The maximum Gasteiger partial charge on any atom is 0.213 e. The van der Waals surface area contributed by atoms with Gasteiger partial charge in [0.05, 0.1) is 17.6 Å². The number of hydrogen-bond donors (Lipinski definition) is 1. The molecule has 9 heteroatoms. The Kier molecular flexibility index (Phi) is 4.91. The van der Waals surface area contributed by atoms with Gasteiger partial charge in [-0.3, -0.25) is 4.98 Å². The van der Waals surface area contributed by atoms with Crippen LogP contribution >= 0.6 is 0 Å². The first kappa shape index (κ1) is 16.6. The average Bonchev–Trinajstić information content (AvgIpc) is 2.63. The van der Waals surface area contributed by atoms with Crippen LogP contribution in [0.2, 0.25) is 0 Å². The molecule has 128 valence electrons. The van der Waals surface area contributed by atoms with E-state index in [9.17, 15) is 8.42 Å². The second kappa shape index (κ2) is 7.10. The van der Waals surface area contributed by atoms with E-state index in [1.54, 1.807) is 19.3 Å². The first-order chi connectivity index (χ1) is 11.6. The minimum absolute atomic E-state index is 0.140. The van der Waals surface area contributed by atoms with Crippen molar-refractivity contribution in [1.82, 2.24) is 19.5 Å². The third kappa shape index (κ3) is 3.80. The lowest BCUT2D eigenvalue weighted by Gasteiger charge is -2.34. The number of hydrogen-bond acceptors (Lipinski definition) is 7. The van der Waals surface area contributed by atoms with Crippen LogP contribution in [0.15, 0.2) is 36.7 Å². The van der Waals surface area contributed by atoms with Gasteiger partial charge in [-0.25, -0.2) is 8.42 Å². The number of rotatable bonds is 5. The molecule has 1 fully saturated rings. The molecule has 1 saturated heterocycles. The van der Waals surface area contributed by atoms with Crippen molar-refractivity contribution in [3.63, 3.8) is 0 Å². The minimum Gasteiger partial charge on any atom is -0.352 e. The van der Waals surface area contributed by atoms with Crippen LogP contribution < -0.4 is 10.2 Å². The van der Waals surface area contributed by atoms with Crippen molar-refractivity contribution in [3.8, 4) is 0 Å². The average molecular weight is 348 g/mol. The van der Waals surface area contributed by atoms with Gasteiger partial charge in [-0.15, -0.1) is 10.2 Å². The molecule has 3 heterocycles. The summed E-state index contributed by atoms with van der Waals surface area (Å²) >= 11 is 0. The summed E-state index contributed by atoms with van der Waals surface area (Å²) < 4.78 is 25.3. The highest BCUT2D eigenvalue weighted by Crippen LogP contribution is 2.17. The van der Waals surface area contributed by atoms with Crippen molar-refractivity contribution < 1.29 is 8.42 Å². The summed E-state index contributed by atoms with van der Waals surface area (Å²) in [6, 6.07) is 7.48. The molecule has 1 N–H and O–H groups in total. The fourth-order valence-electron chi connectivity index (χ4n) is 2.52. The maximum absolute atomic E-state index is 11.9. The molecule has 3 rings (SSSR count).